The van der Waals surface area contributed by atoms with Gasteiger partial charge in [0.2, 0.25) is 11.8 Å². The minimum Gasteiger partial charge on any atom is -0.352 e. The monoisotopic (exact) mass is 398 g/mol. The lowest BCUT2D eigenvalue weighted by atomic mass is 9.93. The zero-order valence-electron chi connectivity index (χ0n) is 13.9. The Morgan fingerprint density at radius 2 is 1.96 bits per heavy atom. The number of fused-ring (bicyclic) bond motifs is 1. The summed E-state index contributed by atoms with van der Waals surface area (Å²) in [5.41, 5.74) is 3.07. The summed E-state index contributed by atoms with van der Waals surface area (Å²) in [7, 11) is 0. The standard InChI is InChI=1S/C20H19BrN2O2/c1-14(24)23-10-9-16-6-2-3-8-18(16)19(23)12-20(25)22-13-15-5-4-7-17(21)11-15/h2-11,19H,12-13H2,1H3,(H,22,25). The number of carbonyl (C=O) groups excluding carboxylic acids is 2. The molecule has 0 fully saturated rings. The van der Waals surface area contributed by atoms with Crippen LogP contribution < -0.4 is 5.32 Å². The lowest BCUT2D eigenvalue weighted by Crippen LogP contribution is -2.35. The quantitative estimate of drug-likeness (QED) is 0.844. The van der Waals surface area contributed by atoms with Gasteiger partial charge in [-0.1, -0.05) is 52.3 Å². The summed E-state index contributed by atoms with van der Waals surface area (Å²) in [4.78, 5) is 26.0. The maximum absolute atomic E-state index is 12.5. The van der Waals surface area contributed by atoms with Gasteiger partial charge in [0.1, 0.15) is 0 Å². The van der Waals surface area contributed by atoms with Crippen LogP contribution in [0.3, 0.4) is 0 Å². The topological polar surface area (TPSA) is 49.4 Å². The Labute approximate surface area is 155 Å². The molecule has 0 aromatic heterocycles. The predicted molar refractivity (Wildman–Crippen MR) is 101 cm³/mol. The number of hydrogen-bond donors (Lipinski definition) is 1. The molecule has 4 nitrogen and oxygen atoms in total. The number of carbonyl (C=O) groups is 2. The predicted octanol–water partition coefficient (Wildman–Crippen LogP) is 4.03. The highest BCUT2D eigenvalue weighted by molar-refractivity contribution is 9.10. The van der Waals surface area contributed by atoms with Crippen LogP contribution in [0.15, 0.2) is 59.2 Å². The molecule has 1 atom stereocenters. The first-order valence-electron chi connectivity index (χ1n) is 8.12. The van der Waals surface area contributed by atoms with Crippen molar-refractivity contribution >= 4 is 33.8 Å². The third-order valence-electron chi connectivity index (χ3n) is 4.23. The Morgan fingerprint density at radius 3 is 2.72 bits per heavy atom. The molecule has 2 aromatic rings. The second-order valence-electron chi connectivity index (χ2n) is 6.00. The zero-order chi connectivity index (χ0) is 17.8. The van der Waals surface area contributed by atoms with Crippen LogP contribution in [0.5, 0.6) is 0 Å². The molecule has 1 N–H and O–H groups in total. The van der Waals surface area contributed by atoms with Crippen LogP contribution >= 0.6 is 15.9 Å². The summed E-state index contributed by atoms with van der Waals surface area (Å²) in [5.74, 6) is -0.156. The van der Waals surface area contributed by atoms with Crippen molar-refractivity contribution in [1.82, 2.24) is 10.2 Å². The van der Waals surface area contributed by atoms with Gasteiger partial charge >= 0.3 is 0 Å². The maximum atomic E-state index is 12.5. The maximum Gasteiger partial charge on any atom is 0.223 e. The van der Waals surface area contributed by atoms with Gasteiger partial charge in [0.05, 0.1) is 12.5 Å². The number of benzene rings is 2. The first kappa shape index (κ1) is 17.4. The van der Waals surface area contributed by atoms with Crippen molar-refractivity contribution in [1.29, 1.82) is 0 Å². The number of nitrogens with one attached hydrogen (secondary N) is 1. The lowest BCUT2D eigenvalue weighted by Gasteiger charge is -2.32. The fourth-order valence-electron chi connectivity index (χ4n) is 3.01. The van der Waals surface area contributed by atoms with E-state index in [-0.39, 0.29) is 24.3 Å². The summed E-state index contributed by atoms with van der Waals surface area (Å²) in [6, 6.07) is 15.4. The summed E-state index contributed by atoms with van der Waals surface area (Å²) in [6.07, 6.45) is 3.90. The molecule has 1 aliphatic heterocycles. The number of hydrogen-bond acceptors (Lipinski definition) is 2. The van der Waals surface area contributed by atoms with Crippen molar-refractivity contribution in [3.8, 4) is 0 Å². The average molecular weight is 399 g/mol. The van der Waals surface area contributed by atoms with E-state index in [4.69, 9.17) is 0 Å². The van der Waals surface area contributed by atoms with E-state index in [1.165, 1.54) is 6.92 Å². The van der Waals surface area contributed by atoms with Crippen LogP contribution in [0.2, 0.25) is 0 Å². The molecule has 0 bridgehead atoms. The van der Waals surface area contributed by atoms with Gasteiger partial charge in [0.25, 0.3) is 0 Å². The molecule has 3 rings (SSSR count). The molecule has 0 aliphatic carbocycles. The molecule has 0 saturated heterocycles. The second kappa shape index (κ2) is 7.66. The van der Waals surface area contributed by atoms with E-state index in [0.717, 1.165) is 21.2 Å². The van der Waals surface area contributed by atoms with E-state index in [2.05, 4.69) is 21.2 Å². The molecule has 2 aromatic carbocycles. The third kappa shape index (κ3) is 4.17. The fraction of sp³-hybridized carbons (Fsp3) is 0.200. The highest BCUT2D eigenvalue weighted by Gasteiger charge is 2.27. The van der Waals surface area contributed by atoms with Crippen molar-refractivity contribution < 1.29 is 9.59 Å². The molecule has 2 amide bonds. The molecule has 1 unspecified atom stereocenters. The average Bonchev–Trinajstić information content (AvgIpc) is 2.60. The summed E-state index contributed by atoms with van der Waals surface area (Å²) in [6.45, 7) is 1.98. The Bertz CT molecular complexity index is 832. The third-order valence-corrected chi connectivity index (χ3v) is 4.72. The van der Waals surface area contributed by atoms with Gasteiger partial charge in [-0.3, -0.25) is 9.59 Å². The minimum atomic E-state index is -0.277. The van der Waals surface area contributed by atoms with Crippen LogP contribution in [-0.4, -0.2) is 16.7 Å². The van der Waals surface area contributed by atoms with Crippen LogP contribution in [0.25, 0.3) is 6.08 Å². The highest BCUT2D eigenvalue weighted by Crippen LogP contribution is 2.32. The van der Waals surface area contributed by atoms with Gasteiger partial charge < -0.3 is 10.2 Å². The van der Waals surface area contributed by atoms with Gasteiger partial charge in [-0.05, 0) is 34.9 Å². The molecular formula is C20H19BrN2O2. The van der Waals surface area contributed by atoms with E-state index in [9.17, 15) is 9.59 Å². The van der Waals surface area contributed by atoms with Crippen LogP contribution in [0, 0.1) is 0 Å². The van der Waals surface area contributed by atoms with Crippen molar-refractivity contribution in [2.75, 3.05) is 0 Å². The van der Waals surface area contributed by atoms with E-state index in [0.29, 0.717) is 6.54 Å². The van der Waals surface area contributed by atoms with E-state index in [1.54, 1.807) is 11.1 Å². The minimum absolute atomic E-state index is 0.0736. The van der Waals surface area contributed by atoms with Gasteiger partial charge in [-0.25, -0.2) is 0 Å². The van der Waals surface area contributed by atoms with Crippen molar-refractivity contribution in [2.45, 2.75) is 25.9 Å². The van der Waals surface area contributed by atoms with Gasteiger partial charge in [-0.15, -0.1) is 0 Å². The molecule has 5 heteroatoms. The molecular weight excluding hydrogens is 380 g/mol. The Hall–Kier alpha value is -2.40. The number of rotatable bonds is 4. The van der Waals surface area contributed by atoms with Gasteiger partial charge in [0.15, 0.2) is 0 Å². The zero-order valence-corrected chi connectivity index (χ0v) is 15.5. The lowest BCUT2D eigenvalue weighted by molar-refractivity contribution is -0.130. The molecule has 25 heavy (non-hydrogen) atoms. The van der Waals surface area contributed by atoms with Crippen LogP contribution in [0.1, 0.15) is 36.1 Å². The number of halogens is 1. The van der Waals surface area contributed by atoms with Crippen molar-refractivity contribution in [2.24, 2.45) is 0 Å². The largest absolute Gasteiger partial charge is 0.352 e. The Morgan fingerprint density at radius 1 is 1.16 bits per heavy atom. The molecule has 0 saturated carbocycles. The van der Waals surface area contributed by atoms with Crippen LogP contribution in [-0.2, 0) is 16.1 Å². The van der Waals surface area contributed by atoms with Crippen LogP contribution in [0.4, 0.5) is 0 Å². The van der Waals surface area contributed by atoms with Crippen molar-refractivity contribution in [3.63, 3.8) is 0 Å². The summed E-state index contributed by atoms with van der Waals surface area (Å²) < 4.78 is 0.980. The first-order chi connectivity index (χ1) is 12.0. The number of amides is 2. The molecule has 0 radical (unpaired) electrons. The molecule has 0 spiro atoms. The Kier molecular flexibility index (Phi) is 5.34. The smallest absolute Gasteiger partial charge is 0.223 e. The molecule has 128 valence electrons. The summed E-state index contributed by atoms with van der Waals surface area (Å²) >= 11 is 3.43. The normalized spacial score (nSPS) is 15.6. The van der Waals surface area contributed by atoms with E-state index >= 15 is 0 Å². The van der Waals surface area contributed by atoms with E-state index in [1.807, 2.05) is 54.6 Å². The second-order valence-corrected chi connectivity index (χ2v) is 6.91. The SMILES string of the molecule is CC(=O)N1C=Cc2ccccc2C1CC(=O)NCc1cccc(Br)c1. The van der Waals surface area contributed by atoms with Gasteiger partial charge in [-0.2, -0.15) is 0 Å². The summed E-state index contributed by atoms with van der Waals surface area (Å²) in [5, 5.41) is 2.94. The van der Waals surface area contributed by atoms with E-state index < -0.39 is 0 Å². The van der Waals surface area contributed by atoms with Crippen molar-refractivity contribution in [3.05, 3.63) is 75.9 Å². The first-order valence-corrected chi connectivity index (χ1v) is 8.91. The Balaban J connectivity index is 1.72. The molecule has 1 heterocycles. The fourth-order valence-corrected chi connectivity index (χ4v) is 3.46. The highest BCUT2D eigenvalue weighted by atomic mass is 79.9. The number of nitrogens with zero attached hydrogens (tertiary/aromatic N) is 1. The van der Waals surface area contributed by atoms with Gasteiger partial charge in [0, 0.05) is 24.1 Å². The molecule has 1 aliphatic rings.